The Bertz CT molecular complexity index is 543. The molecule has 0 fully saturated rings. The molecule has 7 heteroatoms. The van der Waals surface area contributed by atoms with Gasteiger partial charge in [-0.25, -0.2) is 8.42 Å². The van der Waals surface area contributed by atoms with Gasteiger partial charge >= 0.3 is 0 Å². The van der Waals surface area contributed by atoms with Crippen LogP contribution in [0.4, 0.5) is 5.69 Å². The molecule has 1 atom stereocenters. The lowest BCUT2D eigenvalue weighted by molar-refractivity contribution is -0.121. The molecule has 1 rings (SSSR count). The first kappa shape index (κ1) is 15.8. The Morgan fingerprint density at radius 1 is 1.37 bits per heavy atom. The minimum absolute atomic E-state index is 0.345. The molecule has 0 radical (unpaired) electrons. The zero-order valence-corrected chi connectivity index (χ0v) is 12.6. The molecule has 19 heavy (non-hydrogen) atoms. The van der Waals surface area contributed by atoms with E-state index in [0.29, 0.717) is 17.1 Å². The Kier molecular flexibility index (Phi) is 5.20. The maximum atomic E-state index is 12.0. The Labute approximate surface area is 118 Å². The molecule has 0 saturated carbocycles. The number of hydrogen-bond donors (Lipinski definition) is 1. The van der Waals surface area contributed by atoms with E-state index in [1.54, 1.807) is 31.2 Å². The molecule has 0 aliphatic rings. The first-order chi connectivity index (χ1) is 8.81. The highest BCUT2D eigenvalue weighted by molar-refractivity contribution is 7.92. The summed E-state index contributed by atoms with van der Waals surface area (Å²) in [6, 6.07) is 5.56. The van der Waals surface area contributed by atoms with Crippen LogP contribution in [0.25, 0.3) is 0 Å². The van der Waals surface area contributed by atoms with Gasteiger partial charge in [-0.2, -0.15) is 0 Å². The van der Waals surface area contributed by atoms with Crippen molar-refractivity contribution in [1.82, 2.24) is 5.32 Å². The summed E-state index contributed by atoms with van der Waals surface area (Å²) in [5, 5.41) is 2.98. The summed E-state index contributed by atoms with van der Waals surface area (Å²) in [6.07, 6.45) is 1.45. The third-order valence-electron chi connectivity index (χ3n) is 2.66. The molecule has 1 unspecified atom stereocenters. The summed E-state index contributed by atoms with van der Waals surface area (Å²) in [4.78, 5) is 11.8. The summed E-state index contributed by atoms with van der Waals surface area (Å²) in [5.74, 6) is -0.345. The van der Waals surface area contributed by atoms with Crippen LogP contribution in [0.2, 0.25) is 5.02 Å². The SMILES string of the molecule is CCC(C(=O)NC)N(c1ccc(Cl)cc1)S(C)(=O)=O. The lowest BCUT2D eigenvalue weighted by Gasteiger charge is -2.29. The summed E-state index contributed by atoms with van der Waals surface area (Å²) in [7, 11) is -2.09. The van der Waals surface area contributed by atoms with Crippen molar-refractivity contribution in [3.05, 3.63) is 29.3 Å². The van der Waals surface area contributed by atoms with Crippen molar-refractivity contribution in [2.45, 2.75) is 19.4 Å². The van der Waals surface area contributed by atoms with Crippen molar-refractivity contribution < 1.29 is 13.2 Å². The minimum atomic E-state index is -3.57. The number of likely N-dealkylation sites (N-methyl/N-ethyl adjacent to an activating group) is 1. The van der Waals surface area contributed by atoms with Gasteiger partial charge in [-0.05, 0) is 30.7 Å². The van der Waals surface area contributed by atoms with Crippen molar-refractivity contribution in [3.63, 3.8) is 0 Å². The Morgan fingerprint density at radius 2 is 1.89 bits per heavy atom. The Hall–Kier alpha value is -1.27. The number of carbonyl (C=O) groups is 1. The number of amides is 1. The van der Waals surface area contributed by atoms with E-state index in [0.717, 1.165) is 10.6 Å². The minimum Gasteiger partial charge on any atom is -0.357 e. The average Bonchev–Trinajstić information content (AvgIpc) is 2.35. The largest absolute Gasteiger partial charge is 0.357 e. The molecule has 1 N–H and O–H groups in total. The fourth-order valence-electron chi connectivity index (χ4n) is 1.81. The van der Waals surface area contributed by atoms with Crippen LogP contribution in [0.15, 0.2) is 24.3 Å². The fraction of sp³-hybridized carbons (Fsp3) is 0.417. The molecule has 106 valence electrons. The highest BCUT2D eigenvalue weighted by Gasteiger charge is 2.30. The van der Waals surface area contributed by atoms with Crippen molar-refractivity contribution in [3.8, 4) is 0 Å². The highest BCUT2D eigenvalue weighted by atomic mass is 35.5. The van der Waals surface area contributed by atoms with Gasteiger partial charge < -0.3 is 5.32 Å². The van der Waals surface area contributed by atoms with Crippen LogP contribution in [0.3, 0.4) is 0 Å². The van der Waals surface area contributed by atoms with E-state index >= 15 is 0 Å². The average molecular weight is 305 g/mol. The normalized spacial score (nSPS) is 12.8. The number of hydrogen-bond acceptors (Lipinski definition) is 3. The number of carbonyl (C=O) groups excluding carboxylic acids is 1. The van der Waals surface area contributed by atoms with Crippen LogP contribution in [-0.2, 0) is 14.8 Å². The summed E-state index contributed by atoms with van der Waals surface area (Å²) >= 11 is 5.79. The van der Waals surface area contributed by atoms with E-state index < -0.39 is 16.1 Å². The second-order valence-electron chi connectivity index (χ2n) is 4.07. The molecule has 1 aromatic rings. The van der Waals surface area contributed by atoms with Crippen LogP contribution in [0, 0.1) is 0 Å². The van der Waals surface area contributed by atoms with Crippen molar-refractivity contribution in [2.24, 2.45) is 0 Å². The molecular weight excluding hydrogens is 288 g/mol. The first-order valence-corrected chi connectivity index (χ1v) is 8.00. The summed E-state index contributed by atoms with van der Waals surface area (Å²) in [5.41, 5.74) is 0.419. The number of rotatable bonds is 5. The van der Waals surface area contributed by atoms with Gasteiger partial charge in [0.2, 0.25) is 15.9 Å². The van der Waals surface area contributed by atoms with E-state index in [1.165, 1.54) is 7.05 Å². The quantitative estimate of drug-likeness (QED) is 0.899. The predicted molar refractivity (Wildman–Crippen MR) is 76.9 cm³/mol. The number of anilines is 1. The maximum Gasteiger partial charge on any atom is 0.243 e. The topological polar surface area (TPSA) is 66.5 Å². The van der Waals surface area contributed by atoms with Gasteiger partial charge in [-0.15, -0.1) is 0 Å². The molecule has 0 saturated heterocycles. The van der Waals surface area contributed by atoms with Crippen molar-refractivity contribution in [1.29, 1.82) is 0 Å². The molecule has 0 aromatic heterocycles. The van der Waals surface area contributed by atoms with Gasteiger partial charge in [0.15, 0.2) is 0 Å². The third kappa shape index (κ3) is 3.84. The Balaban J connectivity index is 3.29. The second kappa shape index (κ2) is 6.25. The van der Waals surface area contributed by atoms with Crippen LogP contribution < -0.4 is 9.62 Å². The molecule has 0 spiro atoms. The summed E-state index contributed by atoms with van der Waals surface area (Å²) in [6.45, 7) is 1.76. The lowest BCUT2D eigenvalue weighted by atomic mass is 10.2. The van der Waals surface area contributed by atoms with Crippen LogP contribution in [0.1, 0.15) is 13.3 Å². The highest BCUT2D eigenvalue weighted by Crippen LogP contribution is 2.24. The van der Waals surface area contributed by atoms with E-state index in [9.17, 15) is 13.2 Å². The van der Waals surface area contributed by atoms with Gasteiger partial charge in [0.1, 0.15) is 6.04 Å². The molecule has 0 heterocycles. The van der Waals surface area contributed by atoms with Gasteiger partial charge in [-0.3, -0.25) is 9.10 Å². The van der Waals surface area contributed by atoms with E-state index in [1.807, 2.05) is 0 Å². The number of sulfonamides is 1. The van der Waals surface area contributed by atoms with E-state index in [4.69, 9.17) is 11.6 Å². The van der Waals surface area contributed by atoms with Gasteiger partial charge in [-0.1, -0.05) is 18.5 Å². The Morgan fingerprint density at radius 3 is 2.26 bits per heavy atom. The number of benzene rings is 1. The van der Waals surface area contributed by atoms with Crippen molar-refractivity contribution >= 4 is 33.2 Å². The third-order valence-corrected chi connectivity index (χ3v) is 4.09. The predicted octanol–water partition coefficient (Wildman–Crippen LogP) is 1.63. The van der Waals surface area contributed by atoms with Crippen LogP contribution >= 0.6 is 11.6 Å². The zero-order chi connectivity index (χ0) is 14.6. The second-order valence-corrected chi connectivity index (χ2v) is 6.37. The maximum absolute atomic E-state index is 12.0. The van der Waals surface area contributed by atoms with E-state index in [-0.39, 0.29) is 5.91 Å². The van der Waals surface area contributed by atoms with E-state index in [2.05, 4.69) is 5.32 Å². The number of nitrogens with zero attached hydrogens (tertiary/aromatic N) is 1. The molecule has 0 aliphatic heterocycles. The van der Waals surface area contributed by atoms with Gasteiger partial charge in [0, 0.05) is 12.1 Å². The van der Waals surface area contributed by atoms with Gasteiger partial charge in [0.25, 0.3) is 0 Å². The lowest BCUT2D eigenvalue weighted by Crippen LogP contribution is -2.48. The summed E-state index contributed by atoms with van der Waals surface area (Å²) < 4.78 is 25.0. The van der Waals surface area contributed by atoms with Crippen LogP contribution in [0.5, 0.6) is 0 Å². The number of halogens is 1. The smallest absolute Gasteiger partial charge is 0.243 e. The number of nitrogens with one attached hydrogen (secondary N) is 1. The molecule has 0 bridgehead atoms. The molecule has 5 nitrogen and oxygen atoms in total. The fourth-order valence-corrected chi connectivity index (χ4v) is 3.15. The monoisotopic (exact) mass is 304 g/mol. The van der Waals surface area contributed by atoms with Crippen molar-refractivity contribution in [2.75, 3.05) is 17.6 Å². The standard InChI is InChI=1S/C12H17ClN2O3S/c1-4-11(12(16)14-2)15(19(3,17)18)10-7-5-9(13)6-8-10/h5-8,11H,4H2,1-3H3,(H,14,16). The molecule has 1 amide bonds. The molecule has 1 aromatic carbocycles. The molecular formula is C12H17ClN2O3S. The van der Waals surface area contributed by atoms with Gasteiger partial charge in [0.05, 0.1) is 11.9 Å². The first-order valence-electron chi connectivity index (χ1n) is 5.77. The molecule has 0 aliphatic carbocycles. The zero-order valence-electron chi connectivity index (χ0n) is 11.1. The van der Waals surface area contributed by atoms with Crippen LogP contribution in [-0.4, -0.2) is 33.7 Å².